The lowest BCUT2D eigenvalue weighted by Crippen LogP contribution is -2.53. The van der Waals surface area contributed by atoms with Crippen LogP contribution in [0.4, 0.5) is 4.79 Å². The Morgan fingerprint density at radius 1 is 1.75 bits per heavy atom. The lowest BCUT2D eigenvalue weighted by atomic mass is 10.0. The molecule has 5 nitrogen and oxygen atoms in total. The molecule has 68 valence electrons. The molecule has 0 aromatic carbocycles. The van der Waals surface area contributed by atoms with E-state index >= 15 is 0 Å². The topological polar surface area (TPSA) is 70.0 Å². The van der Waals surface area contributed by atoms with Gasteiger partial charge in [-0.05, 0) is 0 Å². The Balaban J connectivity index is 2.22. The van der Waals surface area contributed by atoms with Crippen molar-refractivity contribution in [3.63, 3.8) is 0 Å². The van der Waals surface area contributed by atoms with E-state index in [0.29, 0.717) is 19.6 Å². The van der Waals surface area contributed by atoms with Crippen LogP contribution in [-0.2, 0) is 4.74 Å². The summed E-state index contributed by atoms with van der Waals surface area (Å²) in [5, 5.41) is 17.9. The first kappa shape index (κ1) is 7.82. The maximum atomic E-state index is 10.7. The van der Waals surface area contributed by atoms with E-state index in [1.807, 2.05) is 0 Å². The number of amides is 1. The van der Waals surface area contributed by atoms with Gasteiger partial charge in [-0.1, -0.05) is 0 Å². The van der Waals surface area contributed by atoms with Crippen molar-refractivity contribution in [2.45, 2.75) is 18.1 Å². The van der Waals surface area contributed by atoms with Crippen LogP contribution in [-0.4, -0.2) is 52.6 Å². The van der Waals surface area contributed by atoms with Crippen molar-refractivity contribution in [1.82, 2.24) is 4.90 Å². The van der Waals surface area contributed by atoms with Crippen LogP contribution >= 0.6 is 0 Å². The smallest absolute Gasteiger partial charge is 0.408 e. The number of morpholine rings is 1. The zero-order valence-electron chi connectivity index (χ0n) is 6.56. The number of nitrogens with zero attached hydrogens (tertiary/aromatic N) is 1. The van der Waals surface area contributed by atoms with Crippen LogP contribution in [0, 0.1) is 0 Å². The van der Waals surface area contributed by atoms with E-state index in [-0.39, 0.29) is 12.7 Å². The van der Waals surface area contributed by atoms with Gasteiger partial charge in [0, 0.05) is 6.42 Å². The molecule has 2 fully saturated rings. The lowest BCUT2D eigenvalue weighted by molar-refractivity contribution is -0.0217. The van der Waals surface area contributed by atoms with E-state index in [1.165, 1.54) is 4.90 Å². The Morgan fingerprint density at radius 2 is 2.50 bits per heavy atom. The molecule has 1 amide bonds. The van der Waals surface area contributed by atoms with Crippen molar-refractivity contribution >= 4 is 6.09 Å². The first-order valence-corrected chi connectivity index (χ1v) is 3.91. The molecule has 2 rings (SSSR count). The molecular formula is C7H11NO4. The van der Waals surface area contributed by atoms with E-state index in [0.717, 1.165) is 0 Å². The highest BCUT2D eigenvalue weighted by Crippen LogP contribution is 2.37. The van der Waals surface area contributed by atoms with Crippen molar-refractivity contribution in [3.05, 3.63) is 0 Å². The van der Waals surface area contributed by atoms with Gasteiger partial charge in [-0.15, -0.1) is 0 Å². The molecule has 0 unspecified atom stereocenters. The van der Waals surface area contributed by atoms with Crippen LogP contribution < -0.4 is 0 Å². The normalized spacial score (nSPS) is 39.1. The zero-order valence-corrected chi connectivity index (χ0v) is 6.56. The van der Waals surface area contributed by atoms with Crippen LogP contribution in [0.1, 0.15) is 6.42 Å². The summed E-state index contributed by atoms with van der Waals surface area (Å²) >= 11 is 0. The largest absolute Gasteiger partial charge is 0.465 e. The van der Waals surface area contributed by atoms with Gasteiger partial charge in [0.05, 0.1) is 31.4 Å². The van der Waals surface area contributed by atoms with Crippen molar-refractivity contribution in [3.8, 4) is 0 Å². The zero-order chi connectivity index (χ0) is 8.77. The summed E-state index contributed by atoms with van der Waals surface area (Å²) in [6.07, 6.45) is -0.335. The highest BCUT2D eigenvalue weighted by molar-refractivity contribution is 5.67. The van der Waals surface area contributed by atoms with Gasteiger partial charge in [-0.25, -0.2) is 4.79 Å². The fourth-order valence-corrected chi connectivity index (χ4v) is 1.99. The Kier molecular flexibility index (Phi) is 1.52. The van der Waals surface area contributed by atoms with Crippen LogP contribution in [0.15, 0.2) is 0 Å². The van der Waals surface area contributed by atoms with Gasteiger partial charge in [0.2, 0.25) is 0 Å². The molecule has 12 heavy (non-hydrogen) atoms. The number of carboxylic acid groups (broad SMARTS) is 1. The number of aliphatic hydroxyl groups is 1. The van der Waals surface area contributed by atoms with Crippen molar-refractivity contribution in [2.24, 2.45) is 0 Å². The number of hydrogen-bond acceptors (Lipinski definition) is 3. The van der Waals surface area contributed by atoms with Gasteiger partial charge < -0.3 is 14.9 Å². The van der Waals surface area contributed by atoms with E-state index in [1.54, 1.807) is 0 Å². The summed E-state index contributed by atoms with van der Waals surface area (Å²) < 4.78 is 5.26. The number of aliphatic hydroxyl groups excluding tert-OH is 1. The van der Waals surface area contributed by atoms with Crippen molar-refractivity contribution < 1.29 is 19.7 Å². The van der Waals surface area contributed by atoms with E-state index in [9.17, 15) is 4.79 Å². The second kappa shape index (κ2) is 2.34. The summed E-state index contributed by atoms with van der Waals surface area (Å²) in [4.78, 5) is 12.0. The van der Waals surface area contributed by atoms with Crippen molar-refractivity contribution in [1.29, 1.82) is 0 Å². The summed E-state index contributed by atoms with van der Waals surface area (Å²) in [5.74, 6) is 0. The van der Waals surface area contributed by atoms with E-state index in [4.69, 9.17) is 14.9 Å². The third kappa shape index (κ3) is 0.834. The lowest BCUT2D eigenvalue weighted by Gasteiger charge is -2.34. The maximum absolute atomic E-state index is 10.7. The molecule has 2 aliphatic heterocycles. The third-order valence-electron chi connectivity index (χ3n) is 2.68. The number of rotatable bonds is 1. The van der Waals surface area contributed by atoms with Gasteiger partial charge >= 0.3 is 6.09 Å². The second-order valence-corrected chi connectivity index (χ2v) is 3.41. The molecule has 0 spiro atoms. The molecule has 2 atom stereocenters. The number of ether oxygens (including phenoxy) is 1. The second-order valence-electron chi connectivity index (χ2n) is 3.41. The standard InChI is InChI=1S/C7H11NO4/c9-3-7-1-5(12-4-7)2-8(7)6(10)11/h5,9H,1-4H2,(H,10,11)/t5-,7+/m0/s1. The number of carbonyl (C=O) groups is 1. The van der Waals surface area contributed by atoms with Crippen LogP contribution in [0.5, 0.6) is 0 Å². The fraction of sp³-hybridized carbons (Fsp3) is 0.857. The van der Waals surface area contributed by atoms with Gasteiger partial charge in [0.1, 0.15) is 0 Å². The van der Waals surface area contributed by atoms with Crippen LogP contribution in [0.2, 0.25) is 0 Å². The molecule has 0 saturated carbocycles. The SMILES string of the molecule is O=C(O)N1C[C@@H]2C[C@@]1(CO)CO2. The Morgan fingerprint density at radius 3 is 2.92 bits per heavy atom. The monoisotopic (exact) mass is 173 g/mol. The molecule has 2 heterocycles. The average molecular weight is 173 g/mol. The minimum atomic E-state index is -0.963. The molecular weight excluding hydrogens is 162 g/mol. The fourth-order valence-electron chi connectivity index (χ4n) is 1.99. The summed E-state index contributed by atoms with van der Waals surface area (Å²) in [5.41, 5.74) is -0.642. The van der Waals surface area contributed by atoms with Gasteiger partial charge in [-0.3, -0.25) is 4.90 Å². The first-order valence-electron chi connectivity index (χ1n) is 3.91. The highest BCUT2D eigenvalue weighted by Gasteiger charge is 2.53. The predicted octanol–water partition coefficient (Wildman–Crippen LogP) is -0.500. The minimum Gasteiger partial charge on any atom is -0.465 e. The first-order chi connectivity index (χ1) is 5.68. The quantitative estimate of drug-likeness (QED) is 0.560. The van der Waals surface area contributed by atoms with E-state index < -0.39 is 11.6 Å². The Bertz CT molecular complexity index is 219. The summed E-state index contributed by atoms with van der Waals surface area (Å²) in [7, 11) is 0. The van der Waals surface area contributed by atoms with Gasteiger partial charge in [0.15, 0.2) is 0 Å². The molecule has 5 heteroatoms. The highest BCUT2D eigenvalue weighted by atomic mass is 16.5. The Hall–Kier alpha value is -0.810. The molecule has 2 saturated heterocycles. The number of likely N-dealkylation sites (tertiary alicyclic amines) is 1. The summed E-state index contributed by atoms with van der Waals surface area (Å²) in [6.45, 7) is 0.589. The summed E-state index contributed by atoms with van der Waals surface area (Å²) in [6, 6.07) is 0. The third-order valence-corrected chi connectivity index (χ3v) is 2.68. The molecule has 2 N–H and O–H groups in total. The maximum Gasteiger partial charge on any atom is 0.408 e. The average Bonchev–Trinajstić information content (AvgIpc) is 2.60. The minimum absolute atomic E-state index is 0.00625. The molecule has 0 radical (unpaired) electrons. The van der Waals surface area contributed by atoms with Crippen LogP contribution in [0.3, 0.4) is 0 Å². The van der Waals surface area contributed by atoms with Crippen LogP contribution in [0.25, 0.3) is 0 Å². The van der Waals surface area contributed by atoms with Crippen molar-refractivity contribution in [2.75, 3.05) is 19.8 Å². The van der Waals surface area contributed by atoms with Gasteiger partial charge in [-0.2, -0.15) is 0 Å². The molecule has 0 aromatic heterocycles. The number of fused-ring (bicyclic) bond motifs is 2. The molecule has 0 aliphatic carbocycles. The molecule has 2 aliphatic rings. The number of hydrogen-bond donors (Lipinski definition) is 2. The molecule has 0 aromatic rings. The molecule has 2 bridgehead atoms. The van der Waals surface area contributed by atoms with E-state index in [2.05, 4.69) is 0 Å². The van der Waals surface area contributed by atoms with Gasteiger partial charge in [0.25, 0.3) is 0 Å². The Labute approximate surface area is 69.5 Å². The predicted molar refractivity (Wildman–Crippen MR) is 38.9 cm³/mol.